The summed E-state index contributed by atoms with van der Waals surface area (Å²) in [5, 5.41) is 2.69. The molecule has 0 saturated carbocycles. The van der Waals surface area contributed by atoms with Crippen LogP contribution in [0.5, 0.6) is 0 Å². The molecular formula is C18H19NO4S. The van der Waals surface area contributed by atoms with E-state index < -0.39 is 6.09 Å². The van der Waals surface area contributed by atoms with Gasteiger partial charge in [0, 0.05) is 11.4 Å². The Balaban J connectivity index is 1.64. The maximum absolute atomic E-state index is 11.6. The third-order valence-corrected chi connectivity index (χ3v) is 4.12. The van der Waals surface area contributed by atoms with Gasteiger partial charge < -0.3 is 14.8 Å². The molecule has 126 valence electrons. The molecule has 0 aliphatic carbocycles. The third-order valence-electron chi connectivity index (χ3n) is 3.09. The van der Waals surface area contributed by atoms with E-state index in [1.807, 2.05) is 48.6 Å². The molecule has 0 radical (unpaired) electrons. The number of thiophene rings is 1. The summed E-state index contributed by atoms with van der Waals surface area (Å²) in [4.78, 5) is 24.4. The van der Waals surface area contributed by atoms with Crippen LogP contribution in [-0.2, 0) is 16.1 Å². The van der Waals surface area contributed by atoms with E-state index in [0.717, 1.165) is 10.4 Å². The van der Waals surface area contributed by atoms with Crippen LogP contribution in [0.3, 0.4) is 0 Å². The quantitative estimate of drug-likeness (QED) is 0.611. The molecule has 0 fully saturated rings. The molecule has 0 atom stereocenters. The highest BCUT2D eigenvalue weighted by molar-refractivity contribution is 7.14. The number of amides is 1. The Morgan fingerprint density at radius 1 is 1.17 bits per heavy atom. The van der Waals surface area contributed by atoms with Crippen LogP contribution in [0.15, 0.2) is 48.5 Å². The van der Waals surface area contributed by atoms with Gasteiger partial charge in [-0.05, 0) is 30.2 Å². The van der Waals surface area contributed by atoms with E-state index in [9.17, 15) is 9.59 Å². The first-order valence-electron chi connectivity index (χ1n) is 7.48. The average molecular weight is 345 g/mol. The molecule has 1 N–H and O–H groups in total. The Morgan fingerprint density at radius 2 is 1.96 bits per heavy atom. The summed E-state index contributed by atoms with van der Waals surface area (Å²) in [5.41, 5.74) is 0.951. The van der Waals surface area contributed by atoms with Gasteiger partial charge >= 0.3 is 12.1 Å². The molecule has 5 nitrogen and oxygen atoms in total. The Hall–Kier alpha value is -2.60. The fraction of sp³-hybridized carbons (Fsp3) is 0.222. The number of hydrogen-bond donors (Lipinski definition) is 1. The molecule has 0 spiro atoms. The van der Waals surface area contributed by atoms with Crippen molar-refractivity contribution in [2.45, 2.75) is 13.0 Å². The summed E-state index contributed by atoms with van der Waals surface area (Å²) in [7, 11) is 1.36. The zero-order valence-electron chi connectivity index (χ0n) is 13.4. The molecule has 24 heavy (non-hydrogen) atoms. The number of hydrogen-bond acceptors (Lipinski definition) is 5. The minimum absolute atomic E-state index is 0.258. The minimum Gasteiger partial charge on any atom is -0.465 e. The predicted octanol–water partition coefficient (Wildman–Crippen LogP) is 3.86. The summed E-state index contributed by atoms with van der Waals surface area (Å²) < 4.78 is 9.77. The second-order valence-corrected chi connectivity index (χ2v) is 5.99. The smallest absolute Gasteiger partial charge is 0.407 e. The van der Waals surface area contributed by atoms with E-state index in [1.54, 1.807) is 6.07 Å². The van der Waals surface area contributed by atoms with Gasteiger partial charge in [-0.15, -0.1) is 11.3 Å². The first-order chi connectivity index (χ1) is 11.7. The topological polar surface area (TPSA) is 64.6 Å². The second-order valence-electron chi connectivity index (χ2n) is 4.87. The van der Waals surface area contributed by atoms with Crippen LogP contribution in [0, 0.1) is 0 Å². The maximum Gasteiger partial charge on any atom is 0.407 e. The van der Waals surface area contributed by atoms with Crippen molar-refractivity contribution < 1.29 is 19.1 Å². The number of carbonyl (C=O) groups is 2. The van der Waals surface area contributed by atoms with Crippen molar-refractivity contribution in [3.05, 3.63) is 63.9 Å². The molecule has 0 bridgehead atoms. The molecular weight excluding hydrogens is 326 g/mol. The highest BCUT2D eigenvalue weighted by Crippen LogP contribution is 2.18. The largest absolute Gasteiger partial charge is 0.465 e. The number of ether oxygens (including phenoxy) is 2. The second kappa shape index (κ2) is 9.52. The maximum atomic E-state index is 11.6. The first-order valence-corrected chi connectivity index (χ1v) is 8.30. The Bertz CT molecular complexity index is 694. The molecule has 1 heterocycles. The fourth-order valence-electron chi connectivity index (χ4n) is 1.88. The van der Waals surface area contributed by atoms with Crippen LogP contribution in [0.25, 0.3) is 6.08 Å². The lowest BCUT2D eigenvalue weighted by Gasteiger charge is -2.05. The van der Waals surface area contributed by atoms with Gasteiger partial charge in [0.1, 0.15) is 11.5 Å². The van der Waals surface area contributed by atoms with Gasteiger partial charge in [0.05, 0.1) is 7.11 Å². The lowest BCUT2D eigenvalue weighted by molar-refractivity contribution is 0.0606. The van der Waals surface area contributed by atoms with E-state index in [0.29, 0.717) is 17.8 Å². The summed E-state index contributed by atoms with van der Waals surface area (Å²) in [6, 6.07) is 13.1. The lowest BCUT2D eigenvalue weighted by atomic mass is 10.2. The van der Waals surface area contributed by atoms with Crippen LogP contribution < -0.4 is 5.32 Å². The van der Waals surface area contributed by atoms with Crippen LogP contribution in [0.4, 0.5) is 4.79 Å². The molecule has 1 aromatic heterocycles. The van der Waals surface area contributed by atoms with Gasteiger partial charge in [0.15, 0.2) is 0 Å². The highest BCUT2D eigenvalue weighted by atomic mass is 32.1. The first kappa shape index (κ1) is 17.7. The van der Waals surface area contributed by atoms with E-state index >= 15 is 0 Å². The molecule has 0 unspecified atom stereocenters. The molecule has 1 aromatic carbocycles. The summed E-state index contributed by atoms with van der Waals surface area (Å²) in [5.74, 6) is -0.331. The van der Waals surface area contributed by atoms with Gasteiger partial charge in [-0.1, -0.05) is 36.4 Å². The minimum atomic E-state index is -0.434. The van der Waals surface area contributed by atoms with Crippen molar-refractivity contribution in [2.24, 2.45) is 0 Å². The van der Waals surface area contributed by atoms with E-state index in [-0.39, 0.29) is 12.6 Å². The predicted molar refractivity (Wildman–Crippen MR) is 93.9 cm³/mol. The van der Waals surface area contributed by atoms with Crippen LogP contribution in [-0.4, -0.2) is 25.7 Å². The number of carbonyl (C=O) groups excluding carboxylic acids is 2. The van der Waals surface area contributed by atoms with Crippen molar-refractivity contribution in [3.63, 3.8) is 0 Å². The highest BCUT2D eigenvalue weighted by Gasteiger charge is 2.07. The molecule has 1 amide bonds. The molecule has 6 heteroatoms. The molecule has 0 aliphatic heterocycles. The van der Waals surface area contributed by atoms with Crippen LogP contribution in [0.1, 0.15) is 26.5 Å². The molecule has 0 aliphatic rings. The van der Waals surface area contributed by atoms with E-state index in [1.165, 1.54) is 18.4 Å². The summed E-state index contributed by atoms with van der Waals surface area (Å²) in [6.45, 7) is 0.743. The van der Waals surface area contributed by atoms with E-state index in [2.05, 4.69) is 10.1 Å². The van der Waals surface area contributed by atoms with Crippen LogP contribution >= 0.6 is 11.3 Å². The average Bonchev–Trinajstić information content (AvgIpc) is 3.09. The summed E-state index contributed by atoms with van der Waals surface area (Å²) >= 11 is 1.36. The van der Waals surface area contributed by atoms with Gasteiger partial charge in [-0.25, -0.2) is 9.59 Å². The lowest BCUT2D eigenvalue weighted by Crippen LogP contribution is -2.24. The molecule has 2 aromatic rings. The molecule has 0 saturated heterocycles. The standard InChI is InChI=1S/C18H19NO4S/c1-22-17(20)16-11-10-15(24-16)9-5-6-12-19-18(21)23-13-14-7-3-2-4-8-14/h2-5,7-11H,6,12-13H2,1H3,(H,19,21). The van der Waals surface area contributed by atoms with Crippen molar-refractivity contribution in [2.75, 3.05) is 13.7 Å². The van der Waals surface area contributed by atoms with Gasteiger partial charge in [0.2, 0.25) is 0 Å². The van der Waals surface area contributed by atoms with Crippen molar-refractivity contribution >= 4 is 29.5 Å². The number of esters is 1. The summed E-state index contributed by atoms with van der Waals surface area (Å²) in [6.07, 6.45) is 4.08. The number of benzene rings is 1. The molecule has 2 rings (SSSR count). The third kappa shape index (κ3) is 5.89. The number of methoxy groups -OCH3 is 1. The normalized spacial score (nSPS) is 10.5. The van der Waals surface area contributed by atoms with Crippen molar-refractivity contribution in [1.82, 2.24) is 5.32 Å². The monoisotopic (exact) mass is 345 g/mol. The Labute approximate surface area is 144 Å². The van der Waals surface area contributed by atoms with Gasteiger partial charge in [-0.3, -0.25) is 0 Å². The number of alkyl carbamates (subject to hydrolysis) is 1. The van der Waals surface area contributed by atoms with Crippen LogP contribution in [0.2, 0.25) is 0 Å². The SMILES string of the molecule is COC(=O)c1ccc(C=CCCNC(=O)OCc2ccccc2)s1. The van der Waals surface area contributed by atoms with Crippen molar-refractivity contribution in [3.8, 4) is 0 Å². The Kier molecular flexibility index (Phi) is 7.04. The van der Waals surface area contributed by atoms with Gasteiger partial charge in [0.25, 0.3) is 0 Å². The fourth-order valence-corrected chi connectivity index (χ4v) is 2.74. The van der Waals surface area contributed by atoms with Crippen molar-refractivity contribution in [1.29, 1.82) is 0 Å². The zero-order valence-corrected chi connectivity index (χ0v) is 14.2. The number of rotatable bonds is 7. The number of nitrogens with one attached hydrogen (secondary N) is 1. The zero-order chi connectivity index (χ0) is 17.2. The van der Waals surface area contributed by atoms with E-state index in [4.69, 9.17) is 4.74 Å². The van der Waals surface area contributed by atoms with Gasteiger partial charge in [-0.2, -0.15) is 0 Å². The Morgan fingerprint density at radius 3 is 2.71 bits per heavy atom.